The number of rotatable bonds is 7. The fourth-order valence-electron chi connectivity index (χ4n) is 4.28. The molecule has 2 aromatic carbocycles. The molecule has 0 aliphatic carbocycles. The number of amides is 1. The lowest BCUT2D eigenvalue weighted by Crippen LogP contribution is -2.50. The first-order chi connectivity index (χ1) is 16.7. The molecule has 0 spiro atoms. The van der Waals surface area contributed by atoms with Crippen LogP contribution in [0.1, 0.15) is 0 Å². The largest absolute Gasteiger partial charge is 0.491 e. The number of carbonyl (C=O) groups is 1. The molecular formula is C25H28N6O3. The minimum atomic E-state index is 0.0109. The smallest absolute Gasteiger partial charge is 0.236 e. The van der Waals surface area contributed by atoms with Crippen molar-refractivity contribution in [3.05, 3.63) is 54.9 Å². The van der Waals surface area contributed by atoms with E-state index in [2.05, 4.69) is 28.1 Å². The molecule has 2 aromatic heterocycles. The van der Waals surface area contributed by atoms with Crippen LogP contribution in [0.3, 0.4) is 0 Å². The van der Waals surface area contributed by atoms with Crippen LogP contribution in [0, 0.1) is 0 Å². The Morgan fingerprint density at radius 2 is 1.85 bits per heavy atom. The molecule has 4 aromatic rings. The second-order valence-corrected chi connectivity index (χ2v) is 8.22. The van der Waals surface area contributed by atoms with Crippen LogP contribution in [-0.4, -0.2) is 78.4 Å². The summed E-state index contributed by atoms with van der Waals surface area (Å²) in [5.41, 5.74) is 9.35. The van der Waals surface area contributed by atoms with E-state index in [0.717, 1.165) is 52.3 Å². The van der Waals surface area contributed by atoms with Gasteiger partial charge in [0.2, 0.25) is 5.91 Å². The van der Waals surface area contributed by atoms with Crippen LogP contribution in [0.2, 0.25) is 0 Å². The quantitative estimate of drug-likeness (QED) is 0.422. The highest BCUT2D eigenvalue weighted by Gasteiger charge is 2.20. The zero-order chi connectivity index (χ0) is 23.5. The average molecular weight is 461 g/mol. The summed E-state index contributed by atoms with van der Waals surface area (Å²) in [6, 6.07) is 16.2. The highest BCUT2D eigenvalue weighted by Crippen LogP contribution is 2.26. The third-order valence-corrected chi connectivity index (χ3v) is 6.15. The molecule has 1 aliphatic heterocycles. The summed E-state index contributed by atoms with van der Waals surface area (Å²) in [4.78, 5) is 25.4. The zero-order valence-corrected chi connectivity index (χ0v) is 19.2. The molecule has 1 fully saturated rings. The van der Waals surface area contributed by atoms with Gasteiger partial charge in [-0.3, -0.25) is 9.36 Å². The van der Waals surface area contributed by atoms with E-state index in [0.29, 0.717) is 26.3 Å². The minimum absolute atomic E-state index is 0.0109. The molecule has 1 aliphatic rings. The van der Waals surface area contributed by atoms with Crippen molar-refractivity contribution in [2.75, 3.05) is 57.9 Å². The normalized spacial score (nSPS) is 14.2. The summed E-state index contributed by atoms with van der Waals surface area (Å²) >= 11 is 0. The van der Waals surface area contributed by atoms with Crippen LogP contribution in [0.25, 0.3) is 27.8 Å². The Kier molecular flexibility index (Phi) is 6.29. The summed E-state index contributed by atoms with van der Waals surface area (Å²) in [6.07, 6.45) is 1.79. The monoisotopic (exact) mass is 460 g/mol. The van der Waals surface area contributed by atoms with Crippen molar-refractivity contribution in [1.29, 1.82) is 0 Å². The van der Waals surface area contributed by atoms with Crippen LogP contribution < -0.4 is 15.4 Å². The lowest BCUT2D eigenvalue weighted by atomic mass is 10.1. The predicted molar refractivity (Wildman–Crippen MR) is 132 cm³/mol. The van der Waals surface area contributed by atoms with Crippen molar-refractivity contribution < 1.29 is 14.3 Å². The third-order valence-electron chi connectivity index (χ3n) is 6.15. The summed E-state index contributed by atoms with van der Waals surface area (Å²) in [6.45, 7) is 4.08. The van der Waals surface area contributed by atoms with Crippen molar-refractivity contribution in [3.63, 3.8) is 0 Å². The lowest BCUT2D eigenvalue weighted by Gasteiger charge is -2.36. The van der Waals surface area contributed by atoms with Gasteiger partial charge in [-0.2, -0.15) is 0 Å². The van der Waals surface area contributed by atoms with Gasteiger partial charge in [0.05, 0.1) is 29.7 Å². The highest BCUT2D eigenvalue weighted by atomic mass is 16.5. The summed E-state index contributed by atoms with van der Waals surface area (Å²) < 4.78 is 12.7. The summed E-state index contributed by atoms with van der Waals surface area (Å²) in [7, 11) is 1.65. The molecule has 0 unspecified atom stereocenters. The second-order valence-electron chi connectivity index (χ2n) is 8.22. The van der Waals surface area contributed by atoms with Crippen molar-refractivity contribution in [2.24, 2.45) is 5.73 Å². The number of imidazole rings is 1. The van der Waals surface area contributed by atoms with Crippen LogP contribution in [0.15, 0.2) is 54.9 Å². The Labute approximate surface area is 197 Å². The third kappa shape index (κ3) is 4.40. The van der Waals surface area contributed by atoms with E-state index in [4.69, 9.17) is 20.2 Å². The van der Waals surface area contributed by atoms with E-state index < -0.39 is 0 Å². The van der Waals surface area contributed by atoms with Crippen LogP contribution >= 0.6 is 0 Å². The van der Waals surface area contributed by atoms with Gasteiger partial charge in [-0.25, -0.2) is 9.97 Å². The molecule has 34 heavy (non-hydrogen) atoms. The van der Waals surface area contributed by atoms with Crippen molar-refractivity contribution in [3.8, 4) is 11.6 Å². The maximum Gasteiger partial charge on any atom is 0.236 e. The average Bonchev–Trinajstić information content (AvgIpc) is 3.31. The molecule has 0 atom stereocenters. The number of hydrogen-bond acceptors (Lipinski definition) is 7. The molecule has 1 amide bonds. The Hall–Kier alpha value is -3.69. The minimum Gasteiger partial charge on any atom is -0.491 e. The molecule has 1 saturated heterocycles. The van der Waals surface area contributed by atoms with E-state index in [1.165, 1.54) is 0 Å². The number of nitrogens with zero attached hydrogens (tertiary/aromatic N) is 5. The number of carbonyl (C=O) groups excluding carboxylic acids is 1. The number of hydrogen-bond donors (Lipinski definition) is 1. The molecule has 176 valence electrons. The molecule has 9 nitrogen and oxygen atoms in total. The number of ether oxygens (including phenoxy) is 2. The van der Waals surface area contributed by atoms with Gasteiger partial charge in [-0.05, 0) is 42.5 Å². The fraction of sp³-hybridized carbons (Fsp3) is 0.320. The number of pyridine rings is 1. The maximum atomic E-state index is 11.8. The first-order valence-corrected chi connectivity index (χ1v) is 11.4. The van der Waals surface area contributed by atoms with E-state index in [-0.39, 0.29) is 12.5 Å². The van der Waals surface area contributed by atoms with Crippen LogP contribution in [0.4, 0.5) is 5.69 Å². The maximum absolute atomic E-state index is 11.8. The Morgan fingerprint density at radius 3 is 2.65 bits per heavy atom. The number of anilines is 1. The predicted octanol–water partition coefficient (Wildman–Crippen LogP) is 2.21. The molecule has 5 rings (SSSR count). The number of piperazine rings is 1. The first kappa shape index (κ1) is 22.1. The van der Waals surface area contributed by atoms with Gasteiger partial charge < -0.3 is 25.0 Å². The SMILES string of the molecule is COCCOc1ccc2c(c1)ncn2-c1ccc2cc(N3CCN(C(=O)CN)CC3)ccc2n1. The number of nitrogens with two attached hydrogens (primary N) is 1. The van der Waals surface area contributed by atoms with Crippen LogP contribution in [-0.2, 0) is 9.53 Å². The van der Waals surface area contributed by atoms with Gasteiger partial charge in [-0.15, -0.1) is 0 Å². The lowest BCUT2D eigenvalue weighted by molar-refractivity contribution is -0.129. The Balaban J connectivity index is 1.35. The van der Waals surface area contributed by atoms with Gasteiger partial charge in [0.15, 0.2) is 0 Å². The fourth-order valence-corrected chi connectivity index (χ4v) is 4.28. The zero-order valence-electron chi connectivity index (χ0n) is 19.2. The van der Waals surface area contributed by atoms with E-state index in [1.807, 2.05) is 39.8 Å². The van der Waals surface area contributed by atoms with Crippen molar-refractivity contribution in [1.82, 2.24) is 19.4 Å². The van der Waals surface area contributed by atoms with E-state index in [1.54, 1.807) is 13.4 Å². The number of aromatic nitrogens is 3. The molecule has 0 saturated carbocycles. The highest BCUT2D eigenvalue weighted by molar-refractivity contribution is 5.85. The van der Waals surface area contributed by atoms with Gasteiger partial charge in [0.25, 0.3) is 0 Å². The standard InChI is InChI=1S/C25H28N6O3/c1-33-12-13-34-20-4-6-23-22(15-20)27-17-31(23)24-7-2-18-14-19(3-5-21(18)28-24)29-8-10-30(11-9-29)25(32)16-26/h2-7,14-15,17H,8-13,16,26H2,1H3. The molecule has 0 radical (unpaired) electrons. The van der Waals surface area contributed by atoms with Crippen molar-refractivity contribution >= 4 is 33.5 Å². The molecular weight excluding hydrogens is 432 g/mol. The summed E-state index contributed by atoms with van der Waals surface area (Å²) in [5.74, 6) is 1.59. The topological polar surface area (TPSA) is 98.7 Å². The molecule has 9 heteroatoms. The molecule has 3 heterocycles. The Morgan fingerprint density at radius 1 is 1.00 bits per heavy atom. The van der Waals surface area contributed by atoms with Crippen molar-refractivity contribution in [2.45, 2.75) is 0 Å². The van der Waals surface area contributed by atoms with E-state index in [9.17, 15) is 4.79 Å². The molecule has 0 bridgehead atoms. The van der Waals surface area contributed by atoms with Gasteiger partial charge >= 0.3 is 0 Å². The summed E-state index contributed by atoms with van der Waals surface area (Å²) in [5, 5.41) is 1.07. The second kappa shape index (κ2) is 9.66. The molecule has 2 N–H and O–H groups in total. The van der Waals surface area contributed by atoms with Gasteiger partial charge in [0, 0.05) is 50.4 Å². The number of benzene rings is 2. The van der Waals surface area contributed by atoms with Crippen LogP contribution in [0.5, 0.6) is 5.75 Å². The van der Waals surface area contributed by atoms with E-state index >= 15 is 0 Å². The number of fused-ring (bicyclic) bond motifs is 2. The van der Waals surface area contributed by atoms with Gasteiger partial charge in [0.1, 0.15) is 24.5 Å². The number of methoxy groups -OCH3 is 1. The first-order valence-electron chi connectivity index (χ1n) is 11.4. The Bertz CT molecular complexity index is 1310. The van der Waals surface area contributed by atoms with Gasteiger partial charge in [-0.1, -0.05) is 0 Å².